The molecule has 0 radical (unpaired) electrons. The van der Waals surface area contributed by atoms with Gasteiger partial charge in [0.2, 0.25) is 5.91 Å². The highest BCUT2D eigenvalue weighted by Crippen LogP contribution is 2.30. The highest BCUT2D eigenvalue weighted by molar-refractivity contribution is 6.01. The van der Waals surface area contributed by atoms with Gasteiger partial charge in [0.05, 0.1) is 17.9 Å². The molecule has 17 heavy (non-hydrogen) atoms. The average Bonchev–Trinajstić information content (AvgIpc) is 2.26. The lowest BCUT2D eigenvalue weighted by Gasteiger charge is -2.35. The maximum atomic E-state index is 11.6. The van der Waals surface area contributed by atoms with Crippen LogP contribution in [-0.2, 0) is 9.59 Å². The van der Waals surface area contributed by atoms with Crippen molar-refractivity contribution in [1.82, 2.24) is 0 Å². The summed E-state index contributed by atoms with van der Waals surface area (Å²) in [6.07, 6.45) is 0.460. The third-order valence-corrected chi connectivity index (χ3v) is 2.92. The number of nitrogens with zero attached hydrogens (tertiary/aromatic N) is 1. The Hall–Kier alpha value is -1.84. The van der Waals surface area contributed by atoms with E-state index in [4.69, 9.17) is 0 Å². The fraction of sp³-hybridized carbons (Fsp3) is 0.385. The number of ketones is 1. The Morgan fingerprint density at radius 1 is 1.47 bits per heavy atom. The molecule has 0 saturated carbocycles. The molecule has 0 spiro atoms. The van der Waals surface area contributed by atoms with E-state index >= 15 is 0 Å². The number of amides is 1. The van der Waals surface area contributed by atoms with Crippen LogP contribution in [-0.4, -0.2) is 24.3 Å². The first-order chi connectivity index (χ1) is 8.08. The fourth-order valence-corrected chi connectivity index (χ4v) is 2.18. The van der Waals surface area contributed by atoms with Crippen LogP contribution in [0.1, 0.15) is 20.3 Å². The average molecular weight is 232 g/mol. The number of rotatable bonds is 3. The quantitative estimate of drug-likeness (QED) is 0.864. The van der Waals surface area contributed by atoms with Crippen molar-refractivity contribution in [2.45, 2.75) is 26.3 Å². The molecule has 1 amide bonds. The van der Waals surface area contributed by atoms with Crippen LogP contribution >= 0.6 is 0 Å². The number of fused-ring (bicyclic) bond motifs is 1. The smallest absolute Gasteiger partial charge is 0.243 e. The SMILES string of the molecule is CC(=O)CC(C)N1CC(=O)Nc2ccccc21. The molecule has 1 heterocycles. The summed E-state index contributed by atoms with van der Waals surface area (Å²) in [5.41, 5.74) is 1.81. The minimum absolute atomic E-state index is 0.0286. The second-order valence-electron chi connectivity index (χ2n) is 4.45. The van der Waals surface area contributed by atoms with Crippen LogP contribution in [0.3, 0.4) is 0 Å². The highest BCUT2D eigenvalue weighted by atomic mass is 16.2. The van der Waals surface area contributed by atoms with Gasteiger partial charge in [0, 0.05) is 12.5 Å². The summed E-state index contributed by atoms with van der Waals surface area (Å²) in [6, 6.07) is 7.70. The predicted molar refractivity (Wildman–Crippen MR) is 67.2 cm³/mol. The largest absolute Gasteiger partial charge is 0.357 e. The number of para-hydroxylation sites is 2. The fourth-order valence-electron chi connectivity index (χ4n) is 2.18. The van der Waals surface area contributed by atoms with E-state index in [1.165, 1.54) is 0 Å². The van der Waals surface area contributed by atoms with Crippen LogP contribution in [0.2, 0.25) is 0 Å². The maximum Gasteiger partial charge on any atom is 0.243 e. The van der Waals surface area contributed by atoms with Gasteiger partial charge in [-0.3, -0.25) is 9.59 Å². The number of hydrogen-bond donors (Lipinski definition) is 1. The van der Waals surface area contributed by atoms with Gasteiger partial charge in [-0.05, 0) is 26.0 Å². The van der Waals surface area contributed by atoms with Gasteiger partial charge in [0.1, 0.15) is 5.78 Å². The number of anilines is 2. The summed E-state index contributed by atoms with van der Waals surface area (Å²) in [7, 11) is 0. The van der Waals surface area contributed by atoms with Crippen molar-refractivity contribution in [3.05, 3.63) is 24.3 Å². The molecule has 0 aliphatic carbocycles. The first kappa shape index (κ1) is 11.6. The molecule has 1 aromatic carbocycles. The molecule has 0 bridgehead atoms. The summed E-state index contributed by atoms with van der Waals surface area (Å²) in [6.45, 7) is 3.86. The molecule has 1 atom stereocenters. The Balaban J connectivity index is 2.29. The van der Waals surface area contributed by atoms with Crippen molar-refractivity contribution < 1.29 is 9.59 Å². The summed E-state index contributed by atoms with van der Waals surface area (Å²) >= 11 is 0. The van der Waals surface area contributed by atoms with E-state index in [1.807, 2.05) is 36.1 Å². The lowest BCUT2D eigenvalue weighted by atomic mass is 10.1. The lowest BCUT2D eigenvalue weighted by molar-refractivity contribution is -0.118. The van der Waals surface area contributed by atoms with Gasteiger partial charge in [-0.25, -0.2) is 0 Å². The Kier molecular flexibility index (Phi) is 3.13. The Labute approximate surface area is 101 Å². The second kappa shape index (κ2) is 4.57. The van der Waals surface area contributed by atoms with Crippen molar-refractivity contribution in [2.75, 3.05) is 16.8 Å². The Bertz CT molecular complexity index is 456. The summed E-state index contributed by atoms with van der Waals surface area (Å²) in [5, 5.41) is 2.83. The van der Waals surface area contributed by atoms with Gasteiger partial charge in [-0.2, -0.15) is 0 Å². The molecule has 1 N–H and O–H groups in total. The van der Waals surface area contributed by atoms with Gasteiger partial charge in [-0.15, -0.1) is 0 Å². The lowest BCUT2D eigenvalue weighted by Crippen LogP contribution is -2.44. The molecular formula is C13H16N2O2. The zero-order valence-corrected chi connectivity index (χ0v) is 10.1. The molecule has 0 saturated heterocycles. The second-order valence-corrected chi connectivity index (χ2v) is 4.45. The van der Waals surface area contributed by atoms with E-state index in [2.05, 4.69) is 5.32 Å². The molecule has 0 fully saturated rings. The minimum Gasteiger partial charge on any atom is -0.357 e. The van der Waals surface area contributed by atoms with Gasteiger partial charge < -0.3 is 10.2 Å². The van der Waals surface area contributed by atoms with Gasteiger partial charge >= 0.3 is 0 Å². The van der Waals surface area contributed by atoms with Crippen molar-refractivity contribution in [3.8, 4) is 0 Å². The molecule has 1 aliphatic heterocycles. The third kappa shape index (κ3) is 2.46. The van der Waals surface area contributed by atoms with Crippen LogP contribution in [0.15, 0.2) is 24.3 Å². The Morgan fingerprint density at radius 2 is 2.18 bits per heavy atom. The van der Waals surface area contributed by atoms with Crippen LogP contribution in [0.5, 0.6) is 0 Å². The molecule has 1 unspecified atom stereocenters. The zero-order valence-electron chi connectivity index (χ0n) is 10.1. The molecule has 0 aromatic heterocycles. The first-order valence-electron chi connectivity index (χ1n) is 5.73. The van der Waals surface area contributed by atoms with Crippen molar-refractivity contribution in [3.63, 3.8) is 0 Å². The number of carbonyl (C=O) groups is 2. The highest BCUT2D eigenvalue weighted by Gasteiger charge is 2.25. The molecule has 1 aromatic rings. The van der Waals surface area contributed by atoms with E-state index in [1.54, 1.807) is 6.92 Å². The standard InChI is InChI=1S/C13H16N2O2/c1-9(7-10(2)16)15-8-13(17)14-11-5-3-4-6-12(11)15/h3-6,9H,7-8H2,1-2H3,(H,14,17). The van der Waals surface area contributed by atoms with Crippen LogP contribution in [0.4, 0.5) is 11.4 Å². The summed E-state index contributed by atoms with van der Waals surface area (Å²) < 4.78 is 0. The number of benzene rings is 1. The van der Waals surface area contributed by atoms with Crippen molar-refractivity contribution in [1.29, 1.82) is 0 Å². The third-order valence-electron chi connectivity index (χ3n) is 2.92. The Morgan fingerprint density at radius 3 is 2.88 bits per heavy atom. The first-order valence-corrected chi connectivity index (χ1v) is 5.73. The molecule has 4 heteroatoms. The van der Waals surface area contributed by atoms with Crippen LogP contribution in [0.25, 0.3) is 0 Å². The molecule has 1 aliphatic rings. The predicted octanol–water partition coefficient (Wildman–Crippen LogP) is 1.81. The number of nitrogens with one attached hydrogen (secondary N) is 1. The summed E-state index contributed by atoms with van der Waals surface area (Å²) in [5.74, 6) is 0.111. The van der Waals surface area contributed by atoms with E-state index in [9.17, 15) is 9.59 Å². The van der Waals surface area contributed by atoms with E-state index in [0.717, 1.165) is 11.4 Å². The molecular weight excluding hydrogens is 216 g/mol. The normalized spacial score (nSPS) is 16.1. The van der Waals surface area contributed by atoms with Gasteiger partial charge in [0.25, 0.3) is 0 Å². The van der Waals surface area contributed by atoms with Crippen LogP contribution in [0, 0.1) is 0 Å². The number of carbonyl (C=O) groups excluding carboxylic acids is 2. The van der Waals surface area contributed by atoms with Crippen LogP contribution < -0.4 is 10.2 Å². The topological polar surface area (TPSA) is 49.4 Å². The van der Waals surface area contributed by atoms with E-state index in [0.29, 0.717) is 13.0 Å². The molecule has 2 rings (SSSR count). The van der Waals surface area contributed by atoms with Gasteiger partial charge in [-0.1, -0.05) is 12.1 Å². The van der Waals surface area contributed by atoms with E-state index in [-0.39, 0.29) is 17.7 Å². The molecule has 90 valence electrons. The van der Waals surface area contributed by atoms with Crippen molar-refractivity contribution in [2.24, 2.45) is 0 Å². The number of Topliss-reactive ketones (excluding diaryl/α,β-unsaturated/α-hetero) is 1. The zero-order chi connectivity index (χ0) is 12.4. The summed E-state index contributed by atoms with van der Waals surface area (Å²) in [4.78, 5) is 24.7. The molecule has 4 nitrogen and oxygen atoms in total. The maximum absolute atomic E-state index is 11.6. The minimum atomic E-state index is -0.0286. The van der Waals surface area contributed by atoms with E-state index < -0.39 is 0 Å². The van der Waals surface area contributed by atoms with Gasteiger partial charge in [0.15, 0.2) is 0 Å². The monoisotopic (exact) mass is 232 g/mol. The number of hydrogen-bond acceptors (Lipinski definition) is 3. The van der Waals surface area contributed by atoms with Crippen molar-refractivity contribution >= 4 is 23.1 Å².